The van der Waals surface area contributed by atoms with Gasteiger partial charge < -0.3 is 14.8 Å². The van der Waals surface area contributed by atoms with Crippen LogP contribution in [0.5, 0.6) is 0 Å². The van der Waals surface area contributed by atoms with E-state index >= 15 is 0 Å². The standard InChI is InChI=1S/C16H16F3N5O2S/c1-9-7-12(25)20-10-5-3-4-6-11(10)24(9)13(26)8-27-15-22-21-14(23(15)2)16(17,18)19/h3-6,9H,7-8H2,1-2H3,(H,20,25)/t9-/m1/s1. The molecule has 1 N–H and O–H groups in total. The van der Waals surface area contributed by atoms with E-state index in [1.54, 1.807) is 31.2 Å². The second-order valence-electron chi connectivity index (χ2n) is 6.03. The molecule has 2 amide bonds. The topological polar surface area (TPSA) is 80.1 Å². The van der Waals surface area contributed by atoms with Gasteiger partial charge in [0.25, 0.3) is 0 Å². The highest BCUT2D eigenvalue weighted by Gasteiger charge is 2.38. The molecule has 2 aromatic rings. The zero-order chi connectivity index (χ0) is 19.8. The van der Waals surface area contributed by atoms with Crippen LogP contribution >= 0.6 is 11.8 Å². The number of thioether (sulfide) groups is 1. The number of benzene rings is 1. The minimum atomic E-state index is -4.62. The fourth-order valence-corrected chi connectivity index (χ4v) is 3.62. The van der Waals surface area contributed by atoms with Crippen molar-refractivity contribution in [3.63, 3.8) is 0 Å². The van der Waals surface area contributed by atoms with E-state index in [-0.39, 0.29) is 29.1 Å². The Bertz CT molecular complexity index is 883. The molecule has 0 unspecified atom stereocenters. The van der Waals surface area contributed by atoms with Crippen LogP contribution in [-0.4, -0.2) is 38.4 Å². The van der Waals surface area contributed by atoms with Gasteiger partial charge in [-0.25, -0.2) is 0 Å². The number of anilines is 2. The smallest absolute Gasteiger partial charge is 0.324 e. The lowest BCUT2D eigenvalue weighted by atomic mass is 10.2. The van der Waals surface area contributed by atoms with E-state index in [1.807, 2.05) is 0 Å². The van der Waals surface area contributed by atoms with E-state index < -0.39 is 18.0 Å². The summed E-state index contributed by atoms with van der Waals surface area (Å²) in [5.74, 6) is -1.81. The summed E-state index contributed by atoms with van der Waals surface area (Å²) in [5, 5.41) is 9.39. The molecule has 1 aliphatic rings. The number of carbonyl (C=O) groups excluding carboxylic acids is 2. The molecule has 0 fully saturated rings. The zero-order valence-electron chi connectivity index (χ0n) is 14.4. The Morgan fingerprint density at radius 1 is 1.33 bits per heavy atom. The van der Waals surface area contributed by atoms with Crippen LogP contribution in [0, 0.1) is 0 Å². The summed E-state index contributed by atoms with van der Waals surface area (Å²) in [6, 6.07) is 6.49. The maximum atomic E-state index is 12.8. The molecule has 1 aliphatic heterocycles. The van der Waals surface area contributed by atoms with Gasteiger partial charge in [-0.15, -0.1) is 10.2 Å². The molecule has 0 aliphatic carbocycles. The average molecular weight is 399 g/mol. The fourth-order valence-electron chi connectivity index (χ4n) is 2.85. The van der Waals surface area contributed by atoms with Crippen LogP contribution in [-0.2, 0) is 22.8 Å². The first-order chi connectivity index (χ1) is 12.7. The summed E-state index contributed by atoms with van der Waals surface area (Å²) < 4.78 is 39.2. The SMILES string of the molecule is C[C@@H]1CC(=O)Nc2ccccc2N1C(=O)CSc1nnc(C(F)(F)F)n1C. The van der Waals surface area contributed by atoms with Crippen molar-refractivity contribution < 1.29 is 22.8 Å². The van der Waals surface area contributed by atoms with Gasteiger partial charge in [-0.2, -0.15) is 13.2 Å². The molecular formula is C16H16F3N5O2S. The third-order valence-electron chi connectivity index (χ3n) is 4.04. The Labute approximate surface area is 156 Å². The third kappa shape index (κ3) is 3.92. The number of hydrogen-bond acceptors (Lipinski definition) is 5. The minimum absolute atomic E-state index is 0.0133. The molecule has 0 saturated carbocycles. The predicted octanol–water partition coefficient (Wildman–Crippen LogP) is 2.69. The van der Waals surface area contributed by atoms with E-state index in [0.717, 1.165) is 16.3 Å². The van der Waals surface area contributed by atoms with Gasteiger partial charge in [0.15, 0.2) is 5.16 Å². The molecular weight excluding hydrogens is 383 g/mol. The maximum Gasteiger partial charge on any atom is 0.451 e. The van der Waals surface area contributed by atoms with E-state index in [2.05, 4.69) is 15.5 Å². The van der Waals surface area contributed by atoms with Crippen molar-refractivity contribution >= 4 is 35.0 Å². The highest BCUT2D eigenvalue weighted by molar-refractivity contribution is 7.99. The van der Waals surface area contributed by atoms with E-state index in [4.69, 9.17) is 0 Å². The third-order valence-corrected chi connectivity index (χ3v) is 5.05. The molecule has 3 rings (SSSR count). The van der Waals surface area contributed by atoms with E-state index in [1.165, 1.54) is 11.9 Å². The van der Waals surface area contributed by atoms with Crippen molar-refractivity contribution in [3.05, 3.63) is 30.1 Å². The Morgan fingerprint density at radius 2 is 2.04 bits per heavy atom. The number of fused-ring (bicyclic) bond motifs is 1. The van der Waals surface area contributed by atoms with Gasteiger partial charge >= 0.3 is 6.18 Å². The second kappa shape index (κ2) is 7.22. The number of halogens is 3. The van der Waals surface area contributed by atoms with Crippen molar-refractivity contribution in [1.29, 1.82) is 0 Å². The van der Waals surface area contributed by atoms with Crippen LogP contribution in [0.25, 0.3) is 0 Å². The molecule has 0 bridgehead atoms. The summed E-state index contributed by atoms with van der Waals surface area (Å²) in [6.45, 7) is 1.74. The van der Waals surface area contributed by atoms with Gasteiger partial charge in [-0.1, -0.05) is 23.9 Å². The first kappa shape index (κ1) is 19.2. The largest absolute Gasteiger partial charge is 0.451 e. The number of nitrogens with zero attached hydrogens (tertiary/aromatic N) is 4. The molecule has 0 spiro atoms. The van der Waals surface area contributed by atoms with E-state index in [9.17, 15) is 22.8 Å². The van der Waals surface area contributed by atoms with Gasteiger partial charge in [0.2, 0.25) is 17.6 Å². The molecule has 1 atom stereocenters. The zero-order valence-corrected chi connectivity index (χ0v) is 15.3. The summed E-state index contributed by atoms with van der Waals surface area (Å²) in [4.78, 5) is 26.3. The lowest BCUT2D eigenvalue weighted by Crippen LogP contribution is -2.40. The number of hydrogen-bond donors (Lipinski definition) is 1. The fraction of sp³-hybridized carbons (Fsp3) is 0.375. The number of aromatic nitrogens is 3. The number of alkyl halides is 3. The Hall–Kier alpha value is -2.56. The summed E-state index contributed by atoms with van der Waals surface area (Å²) in [6.07, 6.45) is -4.50. The lowest BCUT2D eigenvalue weighted by molar-refractivity contribution is -0.147. The van der Waals surface area contributed by atoms with Gasteiger partial charge in [0.1, 0.15) is 0 Å². The molecule has 144 valence electrons. The first-order valence-corrected chi connectivity index (χ1v) is 8.97. The van der Waals surface area contributed by atoms with Crippen LogP contribution in [0.1, 0.15) is 19.2 Å². The van der Waals surface area contributed by atoms with Gasteiger partial charge in [0, 0.05) is 19.5 Å². The van der Waals surface area contributed by atoms with Crippen LogP contribution in [0.15, 0.2) is 29.4 Å². The average Bonchev–Trinajstić information content (AvgIpc) is 2.89. The van der Waals surface area contributed by atoms with E-state index in [0.29, 0.717) is 11.4 Å². The van der Waals surface area contributed by atoms with Crippen LogP contribution in [0.2, 0.25) is 0 Å². The van der Waals surface area contributed by atoms with Crippen molar-refractivity contribution in [3.8, 4) is 0 Å². The summed E-state index contributed by atoms with van der Waals surface area (Å²) in [5.41, 5.74) is 1.07. The second-order valence-corrected chi connectivity index (χ2v) is 6.98. The molecule has 7 nitrogen and oxygen atoms in total. The number of rotatable bonds is 3. The van der Waals surface area contributed by atoms with Crippen molar-refractivity contribution in [2.45, 2.75) is 30.7 Å². The summed E-state index contributed by atoms with van der Waals surface area (Å²) in [7, 11) is 1.20. The lowest BCUT2D eigenvalue weighted by Gasteiger charge is -2.27. The quantitative estimate of drug-likeness (QED) is 0.803. The van der Waals surface area contributed by atoms with Gasteiger partial charge in [0.05, 0.1) is 17.1 Å². The summed E-state index contributed by atoms with van der Waals surface area (Å²) >= 11 is 0.863. The molecule has 11 heteroatoms. The van der Waals surface area contributed by atoms with Crippen molar-refractivity contribution in [2.24, 2.45) is 7.05 Å². The Kier molecular flexibility index (Phi) is 5.13. The monoisotopic (exact) mass is 399 g/mol. The minimum Gasteiger partial charge on any atom is -0.324 e. The highest BCUT2D eigenvalue weighted by atomic mass is 32.2. The van der Waals surface area contributed by atoms with Crippen LogP contribution < -0.4 is 10.2 Å². The number of amides is 2. The normalized spacial score (nSPS) is 17.3. The van der Waals surface area contributed by atoms with Gasteiger partial charge in [-0.3, -0.25) is 9.59 Å². The van der Waals surface area contributed by atoms with Crippen LogP contribution in [0.4, 0.5) is 24.5 Å². The Balaban J connectivity index is 1.80. The maximum absolute atomic E-state index is 12.8. The molecule has 27 heavy (non-hydrogen) atoms. The van der Waals surface area contributed by atoms with Crippen molar-refractivity contribution in [1.82, 2.24) is 14.8 Å². The molecule has 1 aromatic carbocycles. The Morgan fingerprint density at radius 3 is 2.70 bits per heavy atom. The van der Waals surface area contributed by atoms with Gasteiger partial charge in [-0.05, 0) is 19.1 Å². The molecule has 2 heterocycles. The highest BCUT2D eigenvalue weighted by Crippen LogP contribution is 2.33. The number of carbonyl (C=O) groups is 2. The van der Waals surface area contributed by atoms with Crippen LogP contribution in [0.3, 0.4) is 0 Å². The predicted molar refractivity (Wildman–Crippen MR) is 93.4 cm³/mol. The molecule has 1 aromatic heterocycles. The first-order valence-electron chi connectivity index (χ1n) is 7.99. The number of nitrogens with one attached hydrogen (secondary N) is 1. The molecule has 0 saturated heterocycles. The molecule has 0 radical (unpaired) electrons. The van der Waals surface area contributed by atoms with Crippen molar-refractivity contribution in [2.75, 3.05) is 16.0 Å². The number of para-hydroxylation sites is 2.